The molecule has 0 aromatic heterocycles. The first-order valence-electron chi connectivity index (χ1n) is 4.99. The maximum Gasteiger partial charge on any atom is 0.411 e. The van der Waals surface area contributed by atoms with Crippen molar-refractivity contribution in [3.05, 3.63) is 0 Å². The van der Waals surface area contributed by atoms with E-state index in [1.807, 2.05) is 18.7 Å². The Morgan fingerprint density at radius 2 is 2.14 bits per heavy atom. The molecule has 1 unspecified atom stereocenters. The first-order valence-corrected chi connectivity index (χ1v) is 6.07. The van der Waals surface area contributed by atoms with Crippen LogP contribution in [0.3, 0.4) is 0 Å². The van der Waals surface area contributed by atoms with E-state index in [-0.39, 0.29) is 9.64 Å². The molecule has 4 heteroatoms. The van der Waals surface area contributed by atoms with Crippen molar-refractivity contribution in [3.8, 4) is 0 Å². The van der Waals surface area contributed by atoms with Crippen LogP contribution < -0.4 is 0 Å². The van der Waals surface area contributed by atoms with Gasteiger partial charge in [0.05, 0.1) is 10.2 Å². The molecule has 0 aromatic rings. The van der Waals surface area contributed by atoms with Gasteiger partial charge >= 0.3 is 6.09 Å². The molecule has 1 rings (SSSR count). The number of ether oxygens (including phenoxy) is 1. The standard InChI is InChI=1S/C10H18INO2/c1-7(2)8-5-6-14-9(13)12(8)10(3,4)11/h7-8H,5-6H2,1-4H3. The van der Waals surface area contributed by atoms with Gasteiger partial charge < -0.3 is 4.74 Å². The van der Waals surface area contributed by atoms with Crippen molar-refractivity contribution in [3.63, 3.8) is 0 Å². The number of hydrogen-bond acceptors (Lipinski definition) is 2. The highest BCUT2D eigenvalue weighted by atomic mass is 127. The lowest BCUT2D eigenvalue weighted by molar-refractivity contribution is 0.0129. The molecule has 1 aliphatic rings. The monoisotopic (exact) mass is 311 g/mol. The molecule has 1 aliphatic heterocycles. The van der Waals surface area contributed by atoms with Crippen LogP contribution in [0.25, 0.3) is 0 Å². The molecule has 3 nitrogen and oxygen atoms in total. The predicted octanol–water partition coefficient (Wildman–Crippen LogP) is 3.02. The number of halogens is 1. The van der Waals surface area contributed by atoms with Crippen molar-refractivity contribution in [1.82, 2.24) is 4.90 Å². The van der Waals surface area contributed by atoms with Gasteiger partial charge in [-0.2, -0.15) is 0 Å². The minimum absolute atomic E-state index is 0.172. The maximum atomic E-state index is 11.7. The Hall–Kier alpha value is 0. The zero-order chi connectivity index (χ0) is 10.9. The summed E-state index contributed by atoms with van der Waals surface area (Å²) in [6.07, 6.45) is 0.768. The van der Waals surface area contributed by atoms with E-state index < -0.39 is 0 Å². The Morgan fingerprint density at radius 1 is 1.57 bits per heavy atom. The normalized spacial score (nSPS) is 24.0. The molecular weight excluding hydrogens is 293 g/mol. The lowest BCUT2D eigenvalue weighted by atomic mass is 9.97. The van der Waals surface area contributed by atoms with Crippen molar-refractivity contribution >= 4 is 28.7 Å². The zero-order valence-corrected chi connectivity index (χ0v) is 11.4. The molecule has 82 valence electrons. The van der Waals surface area contributed by atoms with Gasteiger partial charge in [-0.1, -0.05) is 36.4 Å². The fourth-order valence-electron chi connectivity index (χ4n) is 1.84. The summed E-state index contributed by atoms with van der Waals surface area (Å²) in [5, 5.41) is 0. The number of alkyl halides is 1. The van der Waals surface area contributed by atoms with E-state index in [9.17, 15) is 4.79 Å². The first kappa shape index (κ1) is 12.1. The highest BCUT2D eigenvalue weighted by Gasteiger charge is 2.39. The van der Waals surface area contributed by atoms with Crippen molar-refractivity contribution in [2.24, 2.45) is 5.92 Å². The van der Waals surface area contributed by atoms with Crippen molar-refractivity contribution in [1.29, 1.82) is 0 Å². The van der Waals surface area contributed by atoms with Gasteiger partial charge in [-0.25, -0.2) is 4.79 Å². The minimum atomic E-state index is -0.176. The number of rotatable bonds is 2. The number of amides is 1. The first-order chi connectivity index (χ1) is 6.34. The van der Waals surface area contributed by atoms with E-state index >= 15 is 0 Å². The molecular formula is C10H18INO2. The third-order valence-electron chi connectivity index (χ3n) is 2.51. The Kier molecular flexibility index (Phi) is 3.66. The number of carbonyl (C=O) groups is 1. The van der Waals surface area contributed by atoms with Crippen LogP contribution in [0.15, 0.2) is 0 Å². The fourth-order valence-corrected chi connectivity index (χ4v) is 2.40. The van der Waals surface area contributed by atoms with Crippen LogP contribution in [-0.2, 0) is 4.74 Å². The molecule has 0 radical (unpaired) electrons. The predicted molar refractivity (Wildman–Crippen MR) is 64.5 cm³/mol. The summed E-state index contributed by atoms with van der Waals surface area (Å²) in [7, 11) is 0. The van der Waals surface area contributed by atoms with Crippen LogP contribution in [-0.4, -0.2) is 27.2 Å². The van der Waals surface area contributed by atoms with Gasteiger partial charge in [-0.05, 0) is 19.8 Å². The van der Waals surface area contributed by atoms with E-state index in [0.29, 0.717) is 18.6 Å². The van der Waals surface area contributed by atoms with Gasteiger partial charge in [0.15, 0.2) is 0 Å². The maximum absolute atomic E-state index is 11.7. The molecule has 0 saturated carbocycles. The topological polar surface area (TPSA) is 29.5 Å². The van der Waals surface area contributed by atoms with Crippen LogP contribution in [0.4, 0.5) is 4.79 Å². The number of cyclic esters (lactones) is 1. The number of carbonyl (C=O) groups excluding carboxylic acids is 1. The molecule has 1 heterocycles. The van der Waals surface area contributed by atoms with E-state index in [1.54, 1.807) is 0 Å². The summed E-state index contributed by atoms with van der Waals surface area (Å²) in [6, 6.07) is 0.308. The summed E-state index contributed by atoms with van der Waals surface area (Å²) in [5.74, 6) is 0.483. The molecule has 1 saturated heterocycles. The smallest absolute Gasteiger partial charge is 0.411 e. The second-order valence-electron chi connectivity index (χ2n) is 4.49. The van der Waals surface area contributed by atoms with Gasteiger partial charge in [-0.3, -0.25) is 4.90 Å². The zero-order valence-electron chi connectivity index (χ0n) is 9.21. The van der Waals surface area contributed by atoms with Gasteiger partial charge in [0, 0.05) is 12.5 Å². The van der Waals surface area contributed by atoms with Crippen molar-refractivity contribution < 1.29 is 9.53 Å². The molecule has 0 aliphatic carbocycles. The Morgan fingerprint density at radius 3 is 2.50 bits per heavy atom. The van der Waals surface area contributed by atoms with Gasteiger partial charge in [0.1, 0.15) is 0 Å². The fraction of sp³-hybridized carbons (Fsp3) is 0.900. The summed E-state index contributed by atoms with van der Waals surface area (Å²) >= 11 is 2.28. The second kappa shape index (κ2) is 4.24. The van der Waals surface area contributed by atoms with E-state index in [2.05, 4.69) is 36.4 Å². The Balaban J connectivity index is 2.87. The SMILES string of the molecule is CC(C)C1CCOC(=O)N1C(C)(C)I. The van der Waals surface area contributed by atoms with Crippen molar-refractivity contribution in [2.45, 2.75) is 43.7 Å². The second-order valence-corrected chi connectivity index (χ2v) is 7.13. The molecule has 0 bridgehead atoms. The van der Waals surface area contributed by atoms with E-state index in [4.69, 9.17) is 4.74 Å². The molecule has 1 fully saturated rings. The van der Waals surface area contributed by atoms with E-state index in [1.165, 1.54) is 0 Å². The lowest BCUT2D eigenvalue weighted by Crippen LogP contribution is -2.55. The summed E-state index contributed by atoms with van der Waals surface area (Å²) < 4.78 is 4.90. The minimum Gasteiger partial charge on any atom is -0.449 e. The quantitative estimate of drug-likeness (QED) is 0.446. The highest BCUT2D eigenvalue weighted by Crippen LogP contribution is 2.32. The van der Waals surface area contributed by atoms with Crippen LogP contribution in [0.1, 0.15) is 34.1 Å². The molecule has 1 atom stereocenters. The average molecular weight is 311 g/mol. The van der Waals surface area contributed by atoms with E-state index in [0.717, 1.165) is 6.42 Å². The van der Waals surface area contributed by atoms with Crippen LogP contribution >= 0.6 is 22.6 Å². The summed E-state index contributed by atoms with van der Waals surface area (Å²) in [5.41, 5.74) is 0. The molecule has 0 N–H and O–H groups in total. The van der Waals surface area contributed by atoms with Crippen molar-refractivity contribution in [2.75, 3.05) is 6.61 Å². The average Bonchev–Trinajstić information content (AvgIpc) is 2.01. The Labute approximate surface area is 99.3 Å². The van der Waals surface area contributed by atoms with Crippen LogP contribution in [0, 0.1) is 5.92 Å². The summed E-state index contributed by atoms with van der Waals surface area (Å²) in [4.78, 5) is 13.5. The highest BCUT2D eigenvalue weighted by molar-refractivity contribution is 14.1. The molecule has 0 aromatic carbocycles. The third-order valence-corrected chi connectivity index (χ3v) is 3.03. The van der Waals surface area contributed by atoms with Gasteiger partial charge in [0.2, 0.25) is 0 Å². The summed E-state index contributed by atoms with van der Waals surface area (Å²) in [6.45, 7) is 8.94. The number of nitrogens with zero attached hydrogens (tertiary/aromatic N) is 1. The third kappa shape index (κ3) is 2.52. The molecule has 1 amide bonds. The molecule has 14 heavy (non-hydrogen) atoms. The Bertz CT molecular complexity index is 223. The van der Waals surface area contributed by atoms with Crippen LogP contribution in [0.5, 0.6) is 0 Å². The number of hydrogen-bond donors (Lipinski definition) is 0. The van der Waals surface area contributed by atoms with Gasteiger partial charge in [-0.15, -0.1) is 0 Å². The lowest BCUT2D eigenvalue weighted by Gasteiger charge is -2.44. The largest absolute Gasteiger partial charge is 0.449 e. The van der Waals surface area contributed by atoms with Gasteiger partial charge in [0.25, 0.3) is 0 Å². The van der Waals surface area contributed by atoms with Crippen LogP contribution in [0.2, 0.25) is 0 Å². The molecule has 0 spiro atoms.